The molecule has 1 saturated carbocycles. The third kappa shape index (κ3) is 4.34. The molecule has 4 aromatic rings. The van der Waals surface area contributed by atoms with Crippen LogP contribution in [0.15, 0.2) is 48.9 Å². The van der Waals surface area contributed by atoms with Crippen LogP contribution in [-0.4, -0.2) is 39.6 Å². The van der Waals surface area contributed by atoms with E-state index in [1.807, 2.05) is 34.9 Å². The van der Waals surface area contributed by atoms with E-state index in [1.165, 1.54) is 6.33 Å². The van der Waals surface area contributed by atoms with Gasteiger partial charge in [-0.25, -0.2) is 15.0 Å². The van der Waals surface area contributed by atoms with E-state index in [0.29, 0.717) is 46.0 Å². The fraction of sp³-hybridized carbons (Fsp3) is 0.259. The third-order valence-corrected chi connectivity index (χ3v) is 6.31. The van der Waals surface area contributed by atoms with Crippen LogP contribution in [-0.2, 0) is 16.9 Å². The summed E-state index contributed by atoms with van der Waals surface area (Å²) in [6, 6.07) is 11.0. The maximum atomic E-state index is 13.7. The van der Waals surface area contributed by atoms with E-state index in [1.54, 1.807) is 26.5 Å². The minimum Gasteiger partial charge on any atom is -0.481 e. The number of nitrogens with two attached hydrogens (primary N) is 1. The minimum atomic E-state index is -0.332. The van der Waals surface area contributed by atoms with Crippen molar-refractivity contribution in [1.29, 1.82) is 0 Å². The van der Waals surface area contributed by atoms with Crippen LogP contribution in [0.25, 0.3) is 11.0 Å². The molecule has 0 unspecified atom stereocenters. The first-order chi connectivity index (χ1) is 17.4. The fourth-order valence-corrected chi connectivity index (χ4v) is 4.16. The lowest BCUT2D eigenvalue weighted by Gasteiger charge is -2.14. The molecule has 9 heteroatoms. The quantitative estimate of drug-likeness (QED) is 0.402. The van der Waals surface area contributed by atoms with Gasteiger partial charge in [-0.2, -0.15) is 0 Å². The van der Waals surface area contributed by atoms with Crippen molar-refractivity contribution < 1.29 is 14.3 Å². The molecular weight excluding hydrogens is 456 g/mol. The summed E-state index contributed by atoms with van der Waals surface area (Å²) in [7, 11) is 3.20. The average molecular weight is 483 g/mol. The molecule has 1 aliphatic rings. The number of aromatic nitrogens is 4. The highest BCUT2D eigenvalue weighted by molar-refractivity contribution is 6.16. The van der Waals surface area contributed by atoms with Crippen LogP contribution in [0.4, 0.5) is 11.5 Å². The Morgan fingerprint density at radius 3 is 2.53 bits per heavy atom. The highest BCUT2D eigenvalue weighted by atomic mass is 16.5. The Bertz CT molecular complexity index is 1490. The maximum absolute atomic E-state index is 13.7. The van der Waals surface area contributed by atoms with Crippen LogP contribution in [0.2, 0.25) is 0 Å². The number of nitrogen functional groups attached to an aromatic ring is 1. The fourth-order valence-electron chi connectivity index (χ4n) is 4.16. The van der Waals surface area contributed by atoms with E-state index in [-0.39, 0.29) is 17.3 Å². The summed E-state index contributed by atoms with van der Waals surface area (Å²) in [5.41, 5.74) is 9.92. The monoisotopic (exact) mass is 482 g/mol. The topological polar surface area (TPSA) is 117 Å². The predicted molar refractivity (Wildman–Crippen MR) is 137 cm³/mol. The molecule has 3 N–H and O–H groups in total. The molecule has 0 aliphatic heterocycles. The number of nitrogens with zero attached hydrogens (tertiary/aromatic N) is 4. The molecule has 182 valence electrons. The number of carbonyl (C=O) groups excluding carboxylic acids is 1. The van der Waals surface area contributed by atoms with Gasteiger partial charge in [-0.05, 0) is 49.4 Å². The van der Waals surface area contributed by atoms with Crippen molar-refractivity contribution in [2.75, 3.05) is 25.3 Å². The van der Waals surface area contributed by atoms with Crippen LogP contribution in [0.1, 0.15) is 46.9 Å². The van der Waals surface area contributed by atoms with Gasteiger partial charge >= 0.3 is 0 Å². The van der Waals surface area contributed by atoms with Crippen molar-refractivity contribution in [1.82, 2.24) is 19.5 Å². The van der Waals surface area contributed by atoms with E-state index in [4.69, 9.17) is 15.2 Å². The summed E-state index contributed by atoms with van der Waals surface area (Å²) < 4.78 is 12.3. The molecule has 1 aliphatic carbocycles. The van der Waals surface area contributed by atoms with Gasteiger partial charge in [-0.15, -0.1) is 0 Å². The van der Waals surface area contributed by atoms with Gasteiger partial charge in [0.2, 0.25) is 5.88 Å². The summed E-state index contributed by atoms with van der Waals surface area (Å²) in [4.78, 5) is 26.6. The van der Waals surface area contributed by atoms with Crippen molar-refractivity contribution in [2.45, 2.75) is 31.9 Å². The third-order valence-electron chi connectivity index (χ3n) is 6.31. The molecule has 1 fully saturated rings. The maximum Gasteiger partial charge on any atom is 0.259 e. The first-order valence-corrected chi connectivity index (χ1v) is 11.5. The smallest absolute Gasteiger partial charge is 0.259 e. The second kappa shape index (κ2) is 9.32. The molecule has 0 radical (unpaired) electrons. The highest BCUT2D eigenvalue weighted by Gasteiger charge is 2.43. The van der Waals surface area contributed by atoms with Crippen LogP contribution in [0.5, 0.6) is 5.88 Å². The number of anilines is 2. The van der Waals surface area contributed by atoms with Crippen LogP contribution >= 0.6 is 0 Å². The molecule has 3 aromatic heterocycles. The number of fused-ring (bicyclic) bond motifs is 1. The van der Waals surface area contributed by atoms with Gasteiger partial charge in [-0.3, -0.25) is 4.79 Å². The number of carbonyl (C=O) groups is 1. The highest BCUT2D eigenvalue weighted by Crippen LogP contribution is 2.47. The first kappa shape index (κ1) is 23.3. The summed E-state index contributed by atoms with van der Waals surface area (Å²) >= 11 is 0. The number of amides is 1. The number of rotatable bonds is 6. The lowest BCUT2D eigenvalue weighted by molar-refractivity contribution is 0.102. The van der Waals surface area contributed by atoms with E-state index in [9.17, 15) is 4.79 Å². The van der Waals surface area contributed by atoms with E-state index in [0.717, 1.165) is 18.4 Å². The van der Waals surface area contributed by atoms with E-state index >= 15 is 0 Å². The van der Waals surface area contributed by atoms with Gasteiger partial charge in [0.1, 0.15) is 23.5 Å². The zero-order chi connectivity index (χ0) is 25.3. The molecule has 0 atom stereocenters. The number of nitrogens with one attached hydrogen (secondary N) is 1. The number of pyridine rings is 1. The SMILES string of the molecule is COCc1ccc(NC(=O)c2c(C#Cc3ccc(OC)nc3)n(C3(C)CC3)c3ncnc(N)c23)cc1. The summed E-state index contributed by atoms with van der Waals surface area (Å²) in [6.45, 7) is 2.62. The largest absolute Gasteiger partial charge is 0.481 e. The molecule has 36 heavy (non-hydrogen) atoms. The number of methoxy groups -OCH3 is 2. The second-order valence-corrected chi connectivity index (χ2v) is 8.94. The summed E-state index contributed by atoms with van der Waals surface area (Å²) in [6.07, 6.45) is 4.94. The predicted octanol–water partition coefficient (Wildman–Crippen LogP) is 3.72. The molecule has 5 rings (SSSR count). The van der Waals surface area contributed by atoms with Gasteiger partial charge in [0.05, 0.1) is 24.7 Å². The number of hydrogen-bond acceptors (Lipinski definition) is 7. The Morgan fingerprint density at radius 2 is 1.89 bits per heavy atom. The Kier molecular flexibility index (Phi) is 6.04. The van der Waals surface area contributed by atoms with Crippen molar-refractivity contribution in [3.8, 4) is 17.7 Å². The number of ether oxygens (including phenoxy) is 2. The lowest BCUT2D eigenvalue weighted by atomic mass is 10.1. The normalized spacial score (nSPS) is 13.6. The van der Waals surface area contributed by atoms with Crippen LogP contribution in [0, 0.1) is 11.8 Å². The molecule has 3 heterocycles. The van der Waals surface area contributed by atoms with Gasteiger partial charge in [0, 0.05) is 36.2 Å². The van der Waals surface area contributed by atoms with Crippen LogP contribution < -0.4 is 15.8 Å². The average Bonchev–Trinajstić information content (AvgIpc) is 3.52. The number of hydrogen-bond donors (Lipinski definition) is 2. The zero-order valence-corrected chi connectivity index (χ0v) is 20.3. The standard InChI is InChI=1S/C27H26N6O3/c1-27(12-13-27)33-20(10-6-17-7-11-21(36-3)29-14-17)22(23-24(28)30-16-31-25(23)33)26(34)32-19-8-4-18(5-9-19)15-35-2/h4-5,7-9,11,14,16H,12-13,15H2,1-3H3,(H,32,34)(H2,28,30,31). The summed E-state index contributed by atoms with van der Waals surface area (Å²) in [5.74, 6) is 6.77. The van der Waals surface area contributed by atoms with Crippen molar-refractivity contribution >= 4 is 28.4 Å². The molecule has 0 spiro atoms. The lowest BCUT2D eigenvalue weighted by Crippen LogP contribution is -2.18. The molecular formula is C27H26N6O3. The molecule has 1 aromatic carbocycles. The van der Waals surface area contributed by atoms with Gasteiger partial charge in [0.15, 0.2) is 0 Å². The zero-order valence-electron chi connectivity index (χ0n) is 20.3. The van der Waals surface area contributed by atoms with Crippen molar-refractivity contribution in [2.24, 2.45) is 0 Å². The molecule has 0 saturated heterocycles. The van der Waals surface area contributed by atoms with Crippen LogP contribution in [0.3, 0.4) is 0 Å². The van der Waals surface area contributed by atoms with E-state index < -0.39 is 0 Å². The minimum absolute atomic E-state index is 0.207. The Balaban J connectivity index is 1.63. The van der Waals surface area contributed by atoms with Gasteiger partial charge < -0.3 is 25.1 Å². The van der Waals surface area contributed by atoms with Crippen molar-refractivity contribution in [3.63, 3.8) is 0 Å². The Morgan fingerprint density at radius 1 is 1.11 bits per heavy atom. The Hall–Kier alpha value is -4.42. The second-order valence-electron chi connectivity index (χ2n) is 8.94. The van der Waals surface area contributed by atoms with E-state index in [2.05, 4.69) is 39.0 Å². The Labute approximate surface area is 208 Å². The van der Waals surface area contributed by atoms with Crippen molar-refractivity contribution in [3.05, 3.63) is 71.3 Å². The molecule has 1 amide bonds. The molecule has 0 bridgehead atoms. The summed E-state index contributed by atoms with van der Waals surface area (Å²) in [5, 5.41) is 3.48. The van der Waals surface area contributed by atoms with Gasteiger partial charge in [0.25, 0.3) is 5.91 Å². The first-order valence-electron chi connectivity index (χ1n) is 11.5. The number of benzene rings is 1. The van der Waals surface area contributed by atoms with Gasteiger partial charge in [-0.1, -0.05) is 18.1 Å². The molecule has 9 nitrogen and oxygen atoms in total.